The Kier molecular flexibility index (Phi) is 5.99. The van der Waals surface area contributed by atoms with Crippen molar-refractivity contribution < 1.29 is 9.47 Å². The predicted molar refractivity (Wildman–Crippen MR) is 116 cm³/mol. The Morgan fingerprint density at radius 2 is 1.79 bits per heavy atom. The molecule has 1 aromatic heterocycles. The molecule has 0 radical (unpaired) electrons. The Morgan fingerprint density at radius 3 is 2.43 bits per heavy atom. The van der Waals surface area contributed by atoms with E-state index in [0.717, 1.165) is 38.8 Å². The summed E-state index contributed by atoms with van der Waals surface area (Å²) in [6, 6.07) is 12.1. The summed E-state index contributed by atoms with van der Waals surface area (Å²) in [6.45, 7) is 6.20. The van der Waals surface area contributed by atoms with Crippen molar-refractivity contribution in [3.05, 3.63) is 63.3 Å². The van der Waals surface area contributed by atoms with Gasteiger partial charge in [-0.1, -0.05) is 12.1 Å². The zero-order valence-electron chi connectivity index (χ0n) is 17.1. The van der Waals surface area contributed by atoms with Crippen molar-refractivity contribution in [3.8, 4) is 22.8 Å². The lowest BCUT2D eigenvalue weighted by Crippen LogP contribution is -2.14. The molecule has 3 aromatic rings. The molecule has 5 nitrogen and oxygen atoms in total. The molecule has 0 aliphatic carbocycles. The van der Waals surface area contributed by atoms with Gasteiger partial charge in [0.25, 0.3) is 0 Å². The minimum Gasteiger partial charge on any atom is -0.497 e. The molecular formula is C22H25N3O2S. The van der Waals surface area contributed by atoms with Crippen molar-refractivity contribution in [2.45, 2.75) is 20.8 Å². The highest BCUT2D eigenvalue weighted by molar-refractivity contribution is 7.07. The van der Waals surface area contributed by atoms with Crippen molar-refractivity contribution in [2.75, 3.05) is 21.3 Å². The van der Waals surface area contributed by atoms with Crippen LogP contribution in [0.5, 0.6) is 11.5 Å². The summed E-state index contributed by atoms with van der Waals surface area (Å²) in [6.07, 6.45) is 0. The number of ether oxygens (including phenoxy) is 2. The van der Waals surface area contributed by atoms with E-state index in [2.05, 4.69) is 42.4 Å². The lowest BCUT2D eigenvalue weighted by molar-refractivity contribution is 0.402. The summed E-state index contributed by atoms with van der Waals surface area (Å²) < 4.78 is 12.8. The van der Waals surface area contributed by atoms with Gasteiger partial charge in [0.2, 0.25) is 4.80 Å². The summed E-state index contributed by atoms with van der Waals surface area (Å²) in [5, 5.41) is 6.98. The average Bonchev–Trinajstić information content (AvgIpc) is 3.11. The Hall–Kier alpha value is -2.86. The fourth-order valence-electron chi connectivity index (χ4n) is 2.95. The molecule has 1 heterocycles. The molecule has 0 saturated heterocycles. The summed E-state index contributed by atoms with van der Waals surface area (Å²) >= 11 is 1.57. The molecule has 0 N–H and O–H groups in total. The zero-order valence-corrected chi connectivity index (χ0v) is 17.9. The van der Waals surface area contributed by atoms with Crippen LogP contribution in [0.25, 0.3) is 11.3 Å². The highest BCUT2D eigenvalue weighted by atomic mass is 32.1. The van der Waals surface area contributed by atoms with Crippen LogP contribution >= 0.6 is 11.3 Å². The highest BCUT2D eigenvalue weighted by Gasteiger charge is 2.12. The van der Waals surface area contributed by atoms with Gasteiger partial charge >= 0.3 is 0 Å². The molecule has 0 atom stereocenters. The minimum atomic E-state index is 0.751. The van der Waals surface area contributed by atoms with E-state index in [4.69, 9.17) is 14.6 Å². The number of rotatable bonds is 5. The number of nitrogens with zero attached hydrogens (tertiary/aromatic N) is 3. The fourth-order valence-corrected chi connectivity index (χ4v) is 3.74. The normalized spacial score (nSPS) is 12.4. The van der Waals surface area contributed by atoms with Crippen molar-refractivity contribution in [3.63, 3.8) is 0 Å². The molecule has 0 bridgehead atoms. The number of thiazole rings is 1. The maximum absolute atomic E-state index is 5.52. The second kappa shape index (κ2) is 8.44. The third kappa shape index (κ3) is 3.87. The Labute approximate surface area is 169 Å². The lowest BCUT2D eigenvalue weighted by atomic mass is 10.1. The average molecular weight is 396 g/mol. The molecule has 146 valence electrons. The van der Waals surface area contributed by atoms with E-state index in [9.17, 15) is 0 Å². The van der Waals surface area contributed by atoms with Crippen LogP contribution in [-0.4, -0.2) is 31.7 Å². The number of hydrogen-bond acceptors (Lipinski definition) is 5. The van der Waals surface area contributed by atoms with Crippen molar-refractivity contribution in [1.82, 2.24) is 4.68 Å². The van der Waals surface area contributed by atoms with Gasteiger partial charge in [0.1, 0.15) is 11.5 Å². The van der Waals surface area contributed by atoms with Gasteiger partial charge in [-0.3, -0.25) is 4.99 Å². The predicted octanol–water partition coefficient (Wildman–Crippen LogP) is 4.65. The molecule has 28 heavy (non-hydrogen) atoms. The van der Waals surface area contributed by atoms with E-state index in [1.807, 2.05) is 29.8 Å². The van der Waals surface area contributed by atoms with Crippen LogP contribution < -0.4 is 14.3 Å². The standard InChI is InChI=1S/C22H25N3O2S/c1-14-7-8-17(11-15(14)2)20-13-28-22(23-4)25(20)24-16(3)19-12-18(26-5)9-10-21(19)27-6/h7-13H,1-6H3. The number of benzene rings is 2. The maximum Gasteiger partial charge on any atom is 0.205 e. The van der Waals surface area contributed by atoms with Crippen molar-refractivity contribution in [1.29, 1.82) is 0 Å². The van der Waals surface area contributed by atoms with Gasteiger partial charge in [0.15, 0.2) is 0 Å². The number of methoxy groups -OCH3 is 2. The Bertz CT molecular complexity index is 1090. The van der Waals surface area contributed by atoms with Gasteiger partial charge in [-0.25, -0.2) is 4.68 Å². The molecule has 0 spiro atoms. The first-order valence-electron chi connectivity index (χ1n) is 8.97. The minimum absolute atomic E-state index is 0.751. The molecule has 0 amide bonds. The van der Waals surface area contributed by atoms with Crippen LogP contribution in [0, 0.1) is 13.8 Å². The van der Waals surface area contributed by atoms with Gasteiger partial charge in [0.05, 0.1) is 25.6 Å². The van der Waals surface area contributed by atoms with Gasteiger partial charge in [-0.05, 0) is 56.2 Å². The zero-order chi connectivity index (χ0) is 20.3. The van der Waals surface area contributed by atoms with Crippen LogP contribution in [-0.2, 0) is 0 Å². The first-order chi connectivity index (χ1) is 13.5. The fraction of sp³-hybridized carbons (Fsp3) is 0.273. The largest absolute Gasteiger partial charge is 0.497 e. The van der Waals surface area contributed by atoms with Gasteiger partial charge < -0.3 is 9.47 Å². The van der Waals surface area contributed by atoms with Crippen molar-refractivity contribution >= 4 is 17.0 Å². The first kappa shape index (κ1) is 19.9. The van der Waals surface area contributed by atoms with Crippen LogP contribution in [0.2, 0.25) is 0 Å². The van der Waals surface area contributed by atoms with Crippen LogP contribution in [0.3, 0.4) is 0 Å². The SMILES string of the molecule is CN=c1scc(-c2ccc(C)c(C)c2)n1N=C(C)c1cc(OC)ccc1OC. The molecule has 3 rings (SSSR count). The molecule has 6 heteroatoms. The topological polar surface area (TPSA) is 48.1 Å². The second-order valence-electron chi connectivity index (χ2n) is 6.49. The summed E-state index contributed by atoms with van der Waals surface area (Å²) in [5.41, 5.74) is 6.34. The lowest BCUT2D eigenvalue weighted by Gasteiger charge is -2.11. The molecule has 0 saturated carbocycles. The quantitative estimate of drug-likeness (QED) is 0.590. The summed E-state index contributed by atoms with van der Waals surface area (Å²) in [5.74, 6) is 1.51. The molecular weight excluding hydrogens is 370 g/mol. The van der Waals surface area contributed by atoms with Crippen LogP contribution in [0.15, 0.2) is 51.9 Å². The highest BCUT2D eigenvalue weighted by Crippen LogP contribution is 2.26. The van der Waals surface area contributed by atoms with E-state index >= 15 is 0 Å². The number of aromatic nitrogens is 1. The molecule has 0 aliphatic rings. The summed E-state index contributed by atoms with van der Waals surface area (Å²) in [4.78, 5) is 5.23. The van der Waals surface area contributed by atoms with Gasteiger partial charge in [0, 0.05) is 23.6 Å². The summed E-state index contributed by atoms with van der Waals surface area (Å²) in [7, 11) is 5.09. The van der Waals surface area contributed by atoms with Crippen LogP contribution in [0.4, 0.5) is 0 Å². The van der Waals surface area contributed by atoms with Gasteiger partial charge in [-0.15, -0.1) is 11.3 Å². The number of hydrogen-bond donors (Lipinski definition) is 0. The molecule has 0 fully saturated rings. The Morgan fingerprint density at radius 1 is 1.00 bits per heavy atom. The smallest absolute Gasteiger partial charge is 0.205 e. The van der Waals surface area contributed by atoms with Crippen LogP contribution in [0.1, 0.15) is 23.6 Å². The van der Waals surface area contributed by atoms with E-state index in [1.165, 1.54) is 11.1 Å². The van der Waals surface area contributed by atoms with E-state index < -0.39 is 0 Å². The Balaban J connectivity index is 2.16. The van der Waals surface area contributed by atoms with E-state index in [-0.39, 0.29) is 0 Å². The first-order valence-corrected chi connectivity index (χ1v) is 9.85. The maximum atomic E-state index is 5.52. The van der Waals surface area contributed by atoms with E-state index in [0.29, 0.717) is 0 Å². The van der Waals surface area contributed by atoms with Gasteiger partial charge in [-0.2, -0.15) is 5.10 Å². The van der Waals surface area contributed by atoms with Crippen molar-refractivity contribution in [2.24, 2.45) is 10.1 Å². The molecule has 0 aliphatic heterocycles. The monoisotopic (exact) mass is 395 g/mol. The van der Waals surface area contributed by atoms with E-state index in [1.54, 1.807) is 32.6 Å². The number of aryl methyl sites for hydroxylation is 2. The molecule has 2 aromatic carbocycles. The second-order valence-corrected chi connectivity index (χ2v) is 7.33. The third-order valence-electron chi connectivity index (χ3n) is 4.73. The third-order valence-corrected chi connectivity index (χ3v) is 5.63. The molecule has 0 unspecified atom stereocenters.